The Morgan fingerprint density at radius 2 is 1.83 bits per heavy atom. The first kappa shape index (κ1) is 16.9. The van der Waals surface area contributed by atoms with Crippen molar-refractivity contribution >= 4 is 11.8 Å². The van der Waals surface area contributed by atoms with Crippen LogP contribution < -0.4 is 11.1 Å². The van der Waals surface area contributed by atoms with Crippen molar-refractivity contribution in [3.8, 4) is 0 Å². The highest BCUT2D eigenvalue weighted by Gasteiger charge is 2.31. The van der Waals surface area contributed by atoms with Gasteiger partial charge in [-0.25, -0.2) is 4.39 Å². The van der Waals surface area contributed by atoms with Crippen molar-refractivity contribution in [1.82, 2.24) is 10.2 Å². The maximum absolute atomic E-state index is 13.7. The molecule has 24 heavy (non-hydrogen) atoms. The van der Waals surface area contributed by atoms with Crippen LogP contribution in [0.15, 0.2) is 24.3 Å². The minimum atomic E-state index is -0.490. The van der Waals surface area contributed by atoms with Gasteiger partial charge in [0.25, 0.3) is 5.91 Å². The van der Waals surface area contributed by atoms with Crippen molar-refractivity contribution < 1.29 is 14.0 Å². The van der Waals surface area contributed by atoms with Gasteiger partial charge in [0, 0.05) is 31.1 Å². The fourth-order valence-electron chi connectivity index (χ4n) is 3.61. The van der Waals surface area contributed by atoms with Crippen molar-refractivity contribution in [2.45, 2.75) is 44.2 Å². The topological polar surface area (TPSA) is 75.4 Å². The molecule has 1 aromatic carbocycles. The van der Waals surface area contributed by atoms with Crippen molar-refractivity contribution in [3.05, 3.63) is 35.6 Å². The number of nitrogens with two attached hydrogens (primary N) is 1. The predicted molar refractivity (Wildman–Crippen MR) is 88.8 cm³/mol. The van der Waals surface area contributed by atoms with Crippen LogP contribution >= 0.6 is 0 Å². The number of benzene rings is 1. The van der Waals surface area contributed by atoms with E-state index in [0.29, 0.717) is 25.9 Å². The van der Waals surface area contributed by atoms with E-state index in [2.05, 4.69) is 5.32 Å². The van der Waals surface area contributed by atoms with Gasteiger partial charge >= 0.3 is 0 Å². The Hall–Kier alpha value is -1.95. The molecule has 1 saturated carbocycles. The van der Waals surface area contributed by atoms with Gasteiger partial charge in [0.15, 0.2) is 0 Å². The molecule has 3 N–H and O–H groups in total. The van der Waals surface area contributed by atoms with Gasteiger partial charge in [-0.3, -0.25) is 9.59 Å². The lowest BCUT2D eigenvalue weighted by atomic mass is 10.0. The van der Waals surface area contributed by atoms with E-state index in [1.165, 1.54) is 12.1 Å². The lowest BCUT2D eigenvalue weighted by Gasteiger charge is -2.33. The van der Waals surface area contributed by atoms with Gasteiger partial charge in [-0.1, -0.05) is 12.1 Å². The molecule has 2 amide bonds. The largest absolute Gasteiger partial charge is 0.353 e. The summed E-state index contributed by atoms with van der Waals surface area (Å²) in [5, 5.41) is 3.09. The number of hydrogen-bond donors (Lipinski definition) is 2. The first-order chi connectivity index (χ1) is 11.5. The molecule has 1 aromatic rings. The van der Waals surface area contributed by atoms with Crippen molar-refractivity contribution in [2.24, 2.45) is 11.7 Å². The van der Waals surface area contributed by atoms with E-state index < -0.39 is 5.82 Å². The van der Waals surface area contributed by atoms with E-state index >= 15 is 0 Å². The smallest absolute Gasteiger partial charge is 0.256 e. The first-order valence-electron chi connectivity index (χ1n) is 8.64. The van der Waals surface area contributed by atoms with Crippen LogP contribution in [0.25, 0.3) is 0 Å². The molecular formula is C18H24FN3O2. The Morgan fingerprint density at radius 3 is 2.46 bits per heavy atom. The Bertz CT molecular complexity index is 614. The molecule has 6 heteroatoms. The standard InChI is InChI=1S/C18H24FN3O2/c19-16-4-2-1-3-15(16)18(24)22-9-7-14(8-10-22)21-17(23)12-5-6-13(20)11-12/h1-4,12-14H,5-11,20H2,(H,21,23). The van der Waals surface area contributed by atoms with Crippen LogP contribution in [-0.2, 0) is 4.79 Å². The maximum atomic E-state index is 13.7. The van der Waals surface area contributed by atoms with Crippen LogP contribution in [0, 0.1) is 11.7 Å². The van der Waals surface area contributed by atoms with Crippen LogP contribution in [0.3, 0.4) is 0 Å². The summed E-state index contributed by atoms with van der Waals surface area (Å²) in [7, 11) is 0. The molecule has 0 bridgehead atoms. The van der Waals surface area contributed by atoms with Gasteiger partial charge in [-0.05, 0) is 44.2 Å². The van der Waals surface area contributed by atoms with E-state index in [4.69, 9.17) is 5.73 Å². The molecule has 3 rings (SSSR count). The second-order valence-corrected chi connectivity index (χ2v) is 6.82. The maximum Gasteiger partial charge on any atom is 0.256 e. The number of rotatable bonds is 3. The zero-order valence-corrected chi connectivity index (χ0v) is 13.7. The number of likely N-dealkylation sites (tertiary alicyclic amines) is 1. The van der Waals surface area contributed by atoms with Crippen molar-refractivity contribution in [1.29, 1.82) is 0 Å². The second-order valence-electron chi connectivity index (χ2n) is 6.82. The monoisotopic (exact) mass is 333 g/mol. The highest BCUT2D eigenvalue weighted by molar-refractivity contribution is 5.94. The average molecular weight is 333 g/mol. The predicted octanol–water partition coefficient (Wildman–Crippen LogP) is 1.67. The molecule has 2 atom stereocenters. The summed E-state index contributed by atoms with van der Waals surface area (Å²) in [5.41, 5.74) is 5.97. The third-order valence-corrected chi connectivity index (χ3v) is 5.08. The minimum absolute atomic E-state index is 0.0260. The lowest BCUT2D eigenvalue weighted by molar-refractivity contribution is -0.125. The highest BCUT2D eigenvalue weighted by atomic mass is 19.1. The number of piperidine rings is 1. The fourth-order valence-corrected chi connectivity index (χ4v) is 3.61. The summed E-state index contributed by atoms with van der Waals surface area (Å²) in [6.07, 6.45) is 3.93. The molecule has 0 radical (unpaired) electrons. The molecule has 2 aliphatic rings. The van der Waals surface area contributed by atoms with Crippen LogP contribution in [0.1, 0.15) is 42.5 Å². The van der Waals surface area contributed by atoms with E-state index in [1.54, 1.807) is 17.0 Å². The van der Waals surface area contributed by atoms with Crippen LogP contribution in [0.5, 0.6) is 0 Å². The van der Waals surface area contributed by atoms with E-state index in [1.807, 2.05) is 0 Å². The molecule has 1 heterocycles. The number of hydrogen-bond acceptors (Lipinski definition) is 3. The molecule has 0 aromatic heterocycles. The van der Waals surface area contributed by atoms with Crippen molar-refractivity contribution in [2.75, 3.05) is 13.1 Å². The third kappa shape index (κ3) is 3.75. The quantitative estimate of drug-likeness (QED) is 0.883. The highest BCUT2D eigenvalue weighted by Crippen LogP contribution is 2.25. The molecule has 2 unspecified atom stereocenters. The Morgan fingerprint density at radius 1 is 1.12 bits per heavy atom. The number of carbonyl (C=O) groups excluding carboxylic acids is 2. The minimum Gasteiger partial charge on any atom is -0.353 e. The van der Waals surface area contributed by atoms with E-state index in [-0.39, 0.29) is 35.4 Å². The number of halogens is 1. The van der Waals surface area contributed by atoms with Crippen LogP contribution in [0.2, 0.25) is 0 Å². The summed E-state index contributed by atoms with van der Waals surface area (Å²) in [4.78, 5) is 26.3. The van der Waals surface area contributed by atoms with E-state index in [0.717, 1.165) is 19.3 Å². The Kier molecular flexibility index (Phi) is 5.14. The molecule has 130 valence electrons. The van der Waals surface area contributed by atoms with Gasteiger partial charge < -0.3 is 16.0 Å². The number of carbonyl (C=O) groups is 2. The molecular weight excluding hydrogens is 309 g/mol. The molecule has 1 aliphatic carbocycles. The number of nitrogens with zero attached hydrogens (tertiary/aromatic N) is 1. The fraction of sp³-hybridized carbons (Fsp3) is 0.556. The van der Waals surface area contributed by atoms with Crippen molar-refractivity contribution in [3.63, 3.8) is 0 Å². The summed E-state index contributed by atoms with van der Waals surface area (Å²) in [6.45, 7) is 1.06. The van der Waals surface area contributed by atoms with Gasteiger partial charge in [0.2, 0.25) is 5.91 Å². The summed E-state index contributed by atoms with van der Waals surface area (Å²) >= 11 is 0. The lowest BCUT2D eigenvalue weighted by Crippen LogP contribution is -2.47. The van der Waals surface area contributed by atoms with Gasteiger partial charge in [-0.2, -0.15) is 0 Å². The zero-order chi connectivity index (χ0) is 17.1. The summed E-state index contributed by atoms with van der Waals surface area (Å²) in [6, 6.07) is 6.26. The summed E-state index contributed by atoms with van der Waals surface area (Å²) < 4.78 is 13.7. The van der Waals surface area contributed by atoms with Crippen LogP contribution in [0.4, 0.5) is 4.39 Å². The molecule has 5 nitrogen and oxygen atoms in total. The van der Waals surface area contributed by atoms with E-state index in [9.17, 15) is 14.0 Å². The Labute approximate surface area is 141 Å². The molecule has 0 spiro atoms. The molecule has 1 aliphatic heterocycles. The zero-order valence-electron chi connectivity index (χ0n) is 13.7. The van der Waals surface area contributed by atoms with Crippen LogP contribution in [-0.4, -0.2) is 41.9 Å². The van der Waals surface area contributed by atoms with Gasteiger partial charge in [0.1, 0.15) is 5.82 Å². The average Bonchev–Trinajstić information content (AvgIpc) is 3.02. The molecule has 2 fully saturated rings. The number of nitrogens with one attached hydrogen (secondary N) is 1. The van der Waals surface area contributed by atoms with Gasteiger partial charge in [-0.15, -0.1) is 0 Å². The first-order valence-corrected chi connectivity index (χ1v) is 8.64. The van der Waals surface area contributed by atoms with Gasteiger partial charge in [0.05, 0.1) is 5.56 Å². The second kappa shape index (κ2) is 7.30. The Balaban J connectivity index is 1.50. The summed E-state index contributed by atoms with van der Waals surface area (Å²) in [5.74, 6) is -0.657. The SMILES string of the molecule is NC1CCC(C(=O)NC2CCN(C(=O)c3ccccc3F)CC2)C1. The third-order valence-electron chi connectivity index (χ3n) is 5.08. The number of amides is 2. The molecule has 1 saturated heterocycles. The normalized spacial score (nSPS) is 24.8.